The topological polar surface area (TPSA) is 70.2 Å². The van der Waals surface area contributed by atoms with Crippen LogP contribution in [0.4, 0.5) is 10.5 Å². The molecule has 0 radical (unpaired) electrons. The van der Waals surface area contributed by atoms with Gasteiger partial charge >= 0.3 is 6.03 Å². The second kappa shape index (κ2) is 8.67. The first kappa shape index (κ1) is 19.6. The summed E-state index contributed by atoms with van der Waals surface area (Å²) in [5.74, 6) is -0.380. The molecule has 28 heavy (non-hydrogen) atoms. The van der Waals surface area contributed by atoms with Crippen LogP contribution in [0.5, 0.6) is 0 Å². The first-order chi connectivity index (χ1) is 13.4. The molecule has 0 fully saturated rings. The van der Waals surface area contributed by atoms with E-state index < -0.39 is 6.03 Å². The van der Waals surface area contributed by atoms with E-state index >= 15 is 0 Å². The molecule has 5 nitrogen and oxygen atoms in total. The number of carbonyl (C=O) groups excluding carboxylic acids is 2. The van der Waals surface area contributed by atoms with Crippen molar-refractivity contribution in [2.45, 2.75) is 26.8 Å². The Morgan fingerprint density at radius 1 is 0.964 bits per heavy atom. The molecule has 3 aromatic carbocycles. The average molecular weight is 375 g/mol. The first-order valence-electron chi connectivity index (χ1n) is 9.33. The first-order valence-corrected chi connectivity index (χ1v) is 9.33. The molecule has 0 aromatic heterocycles. The molecule has 1 atom stereocenters. The molecule has 144 valence electrons. The molecule has 0 spiro atoms. The van der Waals surface area contributed by atoms with Crippen molar-refractivity contribution in [3.8, 4) is 0 Å². The van der Waals surface area contributed by atoms with Crippen LogP contribution in [0.1, 0.15) is 29.7 Å². The van der Waals surface area contributed by atoms with Crippen molar-refractivity contribution in [2.75, 3.05) is 11.9 Å². The van der Waals surface area contributed by atoms with Crippen molar-refractivity contribution in [2.24, 2.45) is 0 Å². The minimum Gasteiger partial charge on any atom is -0.307 e. The summed E-state index contributed by atoms with van der Waals surface area (Å²) in [5, 5.41) is 10.6. The third-order valence-electron chi connectivity index (χ3n) is 4.74. The van der Waals surface area contributed by atoms with Crippen LogP contribution < -0.4 is 16.0 Å². The molecule has 0 aliphatic rings. The molecule has 0 aliphatic carbocycles. The van der Waals surface area contributed by atoms with Crippen LogP contribution in [-0.4, -0.2) is 18.5 Å². The van der Waals surface area contributed by atoms with Gasteiger partial charge in [0.25, 0.3) is 0 Å². The molecule has 0 aliphatic heterocycles. The molecule has 3 amide bonds. The molecule has 0 bridgehead atoms. The lowest BCUT2D eigenvalue weighted by Gasteiger charge is -2.16. The molecule has 3 rings (SSSR count). The predicted octanol–water partition coefficient (Wildman–Crippen LogP) is 4.46. The van der Waals surface area contributed by atoms with Gasteiger partial charge in [0.1, 0.15) is 0 Å². The number of fused-ring (bicyclic) bond motifs is 1. The summed E-state index contributed by atoms with van der Waals surface area (Å²) in [5.41, 5.74) is 3.87. The van der Waals surface area contributed by atoms with Crippen molar-refractivity contribution < 1.29 is 9.59 Å². The molecule has 0 unspecified atom stereocenters. The Labute approximate surface area is 165 Å². The summed E-state index contributed by atoms with van der Waals surface area (Å²) in [6.07, 6.45) is 0. The van der Waals surface area contributed by atoms with E-state index in [-0.39, 0.29) is 18.5 Å². The molecule has 5 heteroatoms. The smallest absolute Gasteiger partial charge is 0.307 e. The monoisotopic (exact) mass is 375 g/mol. The van der Waals surface area contributed by atoms with Crippen LogP contribution in [0.3, 0.4) is 0 Å². The summed E-state index contributed by atoms with van der Waals surface area (Å²) in [6, 6.07) is 19.4. The van der Waals surface area contributed by atoms with E-state index in [0.717, 1.165) is 27.5 Å². The summed E-state index contributed by atoms with van der Waals surface area (Å²) >= 11 is 0. The summed E-state index contributed by atoms with van der Waals surface area (Å²) in [7, 11) is 0. The maximum Gasteiger partial charge on any atom is 0.325 e. The predicted molar refractivity (Wildman–Crippen MR) is 113 cm³/mol. The maximum atomic E-state index is 12.1. The van der Waals surface area contributed by atoms with Gasteiger partial charge in [0.15, 0.2) is 0 Å². The molecule has 3 aromatic rings. The lowest BCUT2D eigenvalue weighted by atomic mass is 10.00. The maximum absolute atomic E-state index is 12.1. The number of aryl methyl sites for hydroxylation is 2. The fraction of sp³-hybridized carbons (Fsp3) is 0.217. The number of anilines is 1. The number of carbonyl (C=O) groups is 2. The Hall–Kier alpha value is -3.18. The van der Waals surface area contributed by atoms with Gasteiger partial charge in [0.05, 0.1) is 6.54 Å². The minimum absolute atomic E-state index is 0.0285. The van der Waals surface area contributed by atoms with Gasteiger partial charge in [-0.1, -0.05) is 60.2 Å². The Morgan fingerprint density at radius 3 is 2.50 bits per heavy atom. The fourth-order valence-corrected chi connectivity index (χ4v) is 3.26. The van der Waals surface area contributed by atoms with E-state index in [2.05, 4.69) is 34.1 Å². The highest BCUT2D eigenvalue weighted by molar-refractivity contribution is 6.02. The van der Waals surface area contributed by atoms with Crippen LogP contribution in [0.15, 0.2) is 60.7 Å². The standard InChI is InChI=1S/C23H25N3O2/c1-15-11-12-21(16(2)13-15)25-23(28)26-22(27)14-24-17(3)19-10-6-8-18-7-4-5-9-20(18)19/h4-13,17,24H,14H2,1-3H3,(H2,25,26,27,28)/t17-/m1/s1. The van der Waals surface area contributed by atoms with E-state index in [9.17, 15) is 9.59 Å². The number of hydrogen-bond donors (Lipinski definition) is 3. The molecule has 0 heterocycles. The minimum atomic E-state index is -0.531. The van der Waals surface area contributed by atoms with Gasteiger partial charge in [-0.25, -0.2) is 4.79 Å². The van der Waals surface area contributed by atoms with E-state index in [1.807, 2.05) is 63.2 Å². The van der Waals surface area contributed by atoms with Crippen molar-refractivity contribution in [1.29, 1.82) is 0 Å². The second-order valence-corrected chi connectivity index (χ2v) is 6.99. The fourth-order valence-electron chi connectivity index (χ4n) is 3.26. The number of hydrogen-bond acceptors (Lipinski definition) is 3. The number of nitrogens with one attached hydrogen (secondary N) is 3. The van der Waals surface area contributed by atoms with Crippen LogP contribution in [0.2, 0.25) is 0 Å². The normalized spacial score (nSPS) is 11.8. The lowest BCUT2D eigenvalue weighted by Crippen LogP contribution is -2.40. The largest absolute Gasteiger partial charge is 0.325 e. The molecule has 3 N–H and O–H groups in total. The van der Waals surface area contributed by atoms with Crippen LogP contribution in [0.25, 0.3) is 10.8 Å². The number of amides is 3. The van der Waals surface area contributed by atoms with Crippen molar-refractivity contribution in [3.05, 3.63) is 77.4 Å². The summed E-state index contributed by atoms with van der Waals surface area (Å²) in [4.78, 5) is 24.2. The zero-order valence-electron chi connectivity index (χ0n) is 16.4. The van der Waals surface area contributed by atoms with Gasteiger partial charge < -0.3 is 10.6 Å². The van der Waals surface area contributed by atoms with Crippen LogP contribution in [-0.2, 0) is 4.79 Å². The highest BCUT2D eigenvalue weighted by Gasteiger charge is 2.13. The van der Waals surface area contributed by atoms with E-state index in [0.29, 0.717) is 5.69 Å². The third-order valence-corrected chi connectivity index (χ3v) is 4.74. The molecule has 0 saturated carbocycles. The SMILES string of the molecule is Cc1ccc(NC(=O)NC(=O)CN[C@H](C)c2cccc3ccccc23)c(C)c1. The van der Waals surface area contributed by atoms with Crippen LogP contribution in [0, 0.1) is 13.8 Å². The lowest BCUT2D eigenvalue weighted by molar-refractivity contribution is -0.119. The van der Waals surface area contributed by atoms with Crippen molar-refractivity contribution >= 4 is 28.4 Å². The van der Waals surface area contributed by atoms with Gasteiger partial charge in [0, 0.05) is 11.7 Å². The van der Waals surface area contributed by atoms with E-state index in [4.69, 9.17) is 0 Å². The zero-order valence-corrected chi connectivity index (χ0v) is 16.4. The number of rotatable bonds is 5. The van der Waals surface area contributed by atoms with E-state index in [1.165, 1.54) is 0 Å². The van der Waals surface area contributed by atoms with Gasteiger partial charge in [-0.15, -0.1) is 0 Å². The highest BCUT2D eigenvalue weighted by Crippen LogP contribution is 2.23. The van der Waals surface area contributed by atoms with Crippen molar-refractivity contribution in [3.63, 3.8) is 0 Å². The Kier molecular flexibility index (Phi) is 6.06. The Balaban J connectivity index is 1.55. The number of urea groups is 1. The van der Waals surface area contributed by atoms with Gasteiger partial charge in [-0.05, 0) is 48.7 Å². The average Bonchev–Trinajstić information content (AvgIpc) is 2.68. The summed E-state index contributed by atoms with van der Waals surface area (Å²) < 4.78 is 0. The Bertz CT molecular complexity index is 1010. The van der Waals surface area contributed by atoms with E-state index in [1.54, 1.807) is 0 Å². The number of imide groups is 1. The molecular weight excluding hydrogens is 350 g/mol. The molecule has 0 saturated heterocycles. The Morgan fingerprint density at radius 2 is 1.71 bits per heavy atom. The quantitative estimate of drug-likeness (QED) is 0.617. The third kappa shape index (κ3) is 4.75. The van der Waals surface area contributed by atoms with Gasteiger partial charge in [0.2, 0.25) is 5.91 Å². The number of benzene rings is 3. The van der Waals surface area contributed by atoms with Crippen LogP contribution >= 0.6 is 0 Å². The van der Waals surface area contributed by atoms with Gasteiger partial charge in [-0.3, -0.25) is 10.1 Å². The second-order valence-electron chi connectivity index (χ2n) is 6.99. The van der Waals surface area contributed by atoms with Gasteiger partial charge in [-0.2, -0.15) is 0 Å². The van der Waals surface area contributed by atoms with Crippen molar-refractivity contribution in [1.82, 2.24) is 10.6 Å². The molecular formula is C23H25N3O2. The zero-order chi connectivity index (χ0) is 20.1. The highest BCUT2D eigenvalue weighted by atomic mass is 16.2. The summed E-state index contributed by atoms with van der Waals surface area (Å²) in [6.45, 7) is 5.95.